The van der Waals surface area contributed by atoms with E-state index in [0.29, 0.717) is 5.92 Å². The van der Waals surface area contributed by atoms with Crippen molar-refractivity contribution in [2.75, 3.05) is 19.6 Å². The SMILES string of the molecule is C=CCc1cc(CC)cc2c1CCN(CC(C)c1cc(C)c3c(c1)CNCC3)C2. The Balaban J connectivity index is 1.51. The summed E-state index contributed by atoms with van der Waals surface area (Å²) in [6.45, 7) is 16.5. The molecule has 29 heavy (non-hydrogen) atoms. The zero-order chi connectivity index (χ0) is 20.4. The molecule has 2 heteroatoms. The van der Waals surface area contributed by atoms with Crippen LogP contribution in [0, 0.1) is 6.92 Å². The molecule has 154 valence electrons. The van der Waals surface area contributed by atoms with Crippen molar-refractivity contribution in [2.45, 2.75) is 65.5 Å². The van der Waals surface area contributed by atoms with Gasteiger partial charge in [-0.2, -0.15) is 0 Å². The van der Waals surface area contributed by atoms with Crippen LogP contribution in [0.5, 0.6) is 0 Å². The smallest absolute Gasteiger partial charge is 0.0237 e. The first-order valence-corrected chi connectivity index (χ1v) is 11.4. The molecule has 0 fully saturated rings. The van der Waals surface area contributed by atoms with Crippen LogP contribution in [-0.4, -0.2) is 24.5 Å². The molecule has 2 aliphatic rings. The zero-order valence-corrected chi connectivity index (χ0v) is 18.5. The third-order valence-electron chi connectivity index (χ3n) is 6.89. The summed E-state index contributed by atoms with van der Waals surface area (Å²) >= 11 is 0. The molecule has 2 nitrogen and oxygen atoms in total. The molecule has 1 atom stereocenters. The van der Waals surface area contributed by atoms with Crippen LogP contribution >= 0.6 is 0 Å². The molecule has 2 aliphatic heterocycles. The highest BCUT2D eigenvalue weighted by Gasteiger charge is 2.22. The summed E-state index contributed by atoms with van der Waals surface area (Å²) in [6, 6.07) is 9.77. The minimum Gasteiger partial charge on any atom is -0.312 e. The van der Waals surface area contributed by atoms with E-state index >= 15 is 0 Å². The first-order chi connectivity index (χ1) is 14.1. The molecule has 0 saturated heterocycles. The number of nitrogens with zero attached hydrogens (tertiary/aromatic N) is 1. The van der Waals surface area contributed by atoms with E-state index in [1.165, 1.54) is 47.2 Å². The van der Waals surface area contributed by atoms with Gasteiger partial charge in [-0.1, -0.05) is 44.2 Å². The predicted octanol–water partition coefficient (Wildman–Crippen LogP) is 5.09. The van der Waals surface area contributed by atoms with E-state index in [9.17, 15) is 0 Å². The highest BCUT2D eigenvalue weighted by molar-refractivity contribution is 5.43. The van der Waals surface area contributed by atoms with Crippen molar-refractivity contribution in [3.8, 4) is 0 Å². The van der Waals surface area contributed by atoms with Gasteiger partial charge in [-0.05, 0) is 89.6 Å². The summed E-state index contributed by atoms with van der Waals surface area (Å²) in [4.78, 5) is 2.66. The zero-order valence-electron chi connectivity index (χ0n) is 18.5. The third kappa shape index (κ3) is 4.34. The Morgan fingerprint density at radius 1 is 1.14 bits per heavy atom. The van der Waals surface area contributed by atoms with Gasteiger partial charge in [-0.15, -0.1) is 6.58 Å². The summed E-state index contributed by atoms with van der Waals surface area (Å²) in [5.74, 6) is 0.560. The Morgan fingerprint density at radius 3 is 2.79 bits per heavy atom. The van der Waals surface area contributed by atoms with E-state index in [-0.39, 0.29) is 0 Å². The molecule has 0 aromatic heterocycles. The summed E-state index contributed by atoms with van der Waals surface area (Å²) in [7, 11) is 0. The van der Waals surface area contributed by atoms with Crippen LogP contribution < -0.4 is 5.32 Å². The Morgan fingerprint density at radius 2 is 2.00 bits per heavy atom. The molecule has 4 rings (SSSR count). The minimum absolute atomic E-state index is 0.560. The Hall–Kier alpha value is -1.90. The highest BCUT2D eigenvalue weighted by atomic mass is 15.1. The number of hydrogen-bond acceptors (Lipinski definition) is 2. The van der Waals surface area contributed by atoms with Crippen molar-refractivity contribution < 1.29 is 0 Å². The third-order valence-corrected chi connectivity index (χ3v) is 6.89. The fraction of sp³-hybridized carbons (Fsp3) is 0.481. The van der Waals surface area contributed by atoms with Gasteiger partial charge in [-0.3, -0.25) is 4.90 Å². The van der Waals surface area contributed by atoms with Gasteiger partial charge >= 0.3 is 0 Å². The molecule has 0 amide bonds. The number of benzene rings is 2. The number of fused-ring (bicyclic) bond motifs is 2. The Bertz CT molecular complexity index is 896. The highest BCUT2D eigenvalue weighted by Crippen LogP contribution is 2.29. The van der Waals surface area contributed by atoms with Crippen LogP contribution in [0.25, 0.3) is 0 Å². The molecule has 0 radical (unpaired) electrons. The summed E-state index contributed by atoms with van der Waals surface area (Å²) in [6.07, 6.45) is 6.50. The van der Waals surface area contributed by atoms with Crippen molar-refractivity contribution in [1.82, 2.24) is 10.2 Å². The monoisotopic (exact) mass is 388 g/mol. The van der Waals surface area contributed by atoms with Crippen LogP contribution in [-0.2, 0) is 38.8 Å². The first kappa shape index (κ1) is 20.4. The van der Waals surface area contributed by atoms with Gasteiger partial charge < -0.3 is 5.32 Å². The topological polar surface area (TPSA) is 15.3 Å². The molecule has 0 saturated carbocycles. The molecular formula is C27H36N2. The number of rotatable bonds is 6. The van der Waals surface area contributed by atoms with Crippen molar-refractivity contribution in [3.05, 3.63) is 81.4 Å². The number of hydrogen-bond donors (Lipinski definition) is 1. The van der Waals surface area contributed by atoms with Crippen molar-refractivity contribution >= 4 is 0 Å². The summed E-state index contributed by atoms with van der Waals surface area (Å²) < 4.78 is 0. The maximum atomic E-state index is 3.97. The van der Waals surface area contributed by atoms with E-state index in [4.69, 9.17) is 0 Å². The molecule has 0 spiro atoms. The fourth-order valence-electron chi connectivity index (χ4n) is 5.27. The molecule has 2 aromatic rings. The van der Waals surface area contributed by atoms with Gasteiger partial charge in [0.1, 0.15) is 0 Å². The van der Waals surface area contributed by atoms with Gasteiger partial charge in [0.15, 0.2) is 0 Å². The molecule has 2 heterocycles. The van der Waals surface area contributed by atoms with Crippen LogP contribution in [0.1, 0.15) is 64.3 Å². The number of allylic oxidation sites excluding steroid dienone is 1. The maximum absolute atomic E-state index is 3.97. The largest absolute Gasteiger partial charge is 0.312 e. The van der Waals surface area contributed by atoms with Gasteiger partial charge in [0.25, 0.3) is 0 Å². The van der Waals surface area contributed by atoms with Crippen molar-refractivity contribution in [1.29, 1.82) is 0 Å². The average Bonchev–Trinajstić information content (AvgIpc) is 2.73. The molecule has 1 N–H and O–H groups in total. The van der Waals surface area contributed by atoms with Crippen molar-refractivity contribution in [3.63, 3.8) is 0 Å². The lowest BCUT2D eigenvalue weighted by Crippen LogP contribution is -2.34. The van der Waals surface area contributed by atoms with Crippen LogP contribution in [0.15, 0.2) is 36.9 Å². The molecule has 0 bridgehead atoms. The second-order valence-electron chi connectivity index (χ2n) is 9.03. The lowest BCUT2D eigenvalue weighted by molar-refractivity contribution is 0.241. The van der Waals surface area contributed by atoms with Crippen LogP contribution in [0.2, 0.25) is 0 Å². The van der Waals surface area contributed by atoms with Gasteiger partial charge in [-0.25, -0.2) is 0 Å². The first-order valence-electron chi connectivity index (χ1n) is 11.4. The second kappa shape index (κ2) is 8.85. The Kier molecular flexibility index (Phi) is 6.22. The van der Waals surface area contributed by atoms with E-state index in [1.54, 1.807) is 16.7 Å². The predicted molar refractivity (Wildman–Crippen MR) is 124 cm³/mol. The van der Waals surface area contributed by atoms with E-state index in [2.05, 4.69) is 67.9 Å². The summed E-state index contributed by atoms with van der Waals surface area (Å²) in [5.41, 5.74) is 12.2. The lowest BCUT2D eigenvalue weighted by atomic mass is 9.88. The van der Waals surface area contributed by atoms with Gasteiger partial charge in [0.2, 0.25) is 0 Å². The number of nitrogens with one attached hydrogen (secondary N) is 1. The Labute approximate surface area is 177 Å². The summed E-state index contributed by atoms with van der Waals surface area (Å²) in [5, 5.41) is 3.54. The fourth-order valence-corrected chi connectivity index (χ4v) is 5.27. The maximum Gasteiger partial charge on any atom is 0.0237 e. The quantitative estimate of drug-likeness (QED) is 0.693. The van der Waals surface area contributed by atoms with Gasteiger partial charge in [0, 0.05) is 26.2 Å². The number of aryl methyl sites for hydroxylation is 2. The standard InChI is InChI=1S/C27H36N2/c1-5-7-22-13-21(6-2)14-25-18-29(11-9-27(22)25)17-20(4)23-12-19(3)26-8-10-28-16-24(26)15-23/h5,12-15,20,28H,1,6-11,16-18H2,2-4H3. The molecule has 2 aromatic carbocycles. The van der Waals surface area contributed by atoms with E-state index < -0.39 is 0 Å². The van der Waals surface area contributed by atoms with Crippen LogP contribution in [0.3, 0.4) is 0 Å². The van der Waals surface area contributed by atoms with Crippen molar-refractivity contribution in [2.24, 2.45) is 0 Å². The normalized spacial score (nSPS) is 17.5. The van der Waals surface area contributed by atoms with E-state index in [1.807, 2.05) is 0 Å². The van der Waals surface area contributed by atoms with Gasteiger partial charge in [0.05, 0.1) is 0 Å². The lowest BCUT2D eigenvalue weighted by Gasteiger charge is -2.33. The second-order valence-corrected chi connectivity index (χ2v) is 9.03. The molecule has 0 aliphatic carbocycles. The molecule has 1 unspecified atom stereocenters. The minimum atomic E-state index is 0.560. The van der Waals surface area contributed by atoms with Crippen LogP contribution in [0.4, 0.5) is 0 Å². The average molecular weight is 389 g/mol. The van der Waals surface area contributed by atoms with E-state index in [0.717, 1.165) is 39.0 Å². The molecular weight excluding hydrogens is 352 g/mol.